The number of cyclic esters (lactones) is 1. The molecule has 0 aliphatic carbocycles. The Labute approximate surface area is 216 Å². The molecule has 0 saturated carbocycles. The summed E-state index contributed by atoms with van der Waals surface area (Å²) < 4.78 is 5.68. The molecule has 0 saturated heterocycles. The van der Waals surface area contributed by atoms with Crippen molar-refractivity contribution in [1.82, 2.24) is 16.0 Å². The van der Waals surface area contributed by atoms with E-state index in [0.717, 1.165) is 5.75 Å². The van der Waals surface area contributed by atoms with Crippen molar-refractivity contribution >= 4 is 45.3 Å². The lowest BCUT2D eigenvalue weighted by molar-refractivity contribution is -0.153. The van der Waals surface area contributed by atoms with Crippen molar-refractivity contribution in [1.29, 1.82) is 0 Å². The minimum Gasteiger partial charge on any atom is -0.456 e. The number of allylic oxidation sites excluding steroid dienone is 2. The molecule has 4 atom stereocenters. The van der Waals surface area contributed by atoms with Gasteiger partial charge in [-0.25, -0.2) is 4.79 Å². The molecular formula is C24H40N4O5S2. The quantitative estimate of drug-likeness (QED) is 0.184. The molecule has 4 unspecified atom stereocenters. The van der Waals surface area contributed by atoms with Crippen LogP contribution in [-0.4, -0.2) is 59.4 Å². The van der Waals surface area contributed by atoms with E-state index in [4.69, 9.17) is 10.5 Å². The summed E-state index contributed by atoms with van der Waals surface area (Å²) in [6.07, 6.45) is 4.92. The molecule has 198 valence electrons. The molecule has 1 aliphatic heterocycles. The number of amides is 3. The third-order valence-corrected chi connectivity index (χ3v) is 7.90. The third kappa shape index (κ3) is 11.5. The summed E-state index contributed by atoms with van der Waals surface area (Å²) in [6.45, 7) is 11.1. The third-order valence-electron chi connectivity index (χ3n) is 5.43. The predicted molar refractivity (Wildman–Crippen MR) is 142 cm³/mol. The zero-order valence-electron chi connectivity index (χ0n) is 21.5. The number of carbonyl (C=O) groups is 4. The van der Waals surface area contributed by atoms with Gasteiger partial charge >= 0.3 is 5.97 Å². The predicted octanol–water partition coefficient (Wildman–Crippen LogP) is 2.28. The summed E-state index contributed by atoms with van der Waals surface area (Å²) in [7, 11) is 3.03. The van der Waals surface area contributed by atoms with Crippen molar-refractivity contribution in [2.75, 3.05) is 11.5 Å². The molecule has 5 N–H and O–H groups in total. The van der Waals surface area contributed by atoms with Crippen LogP contribution < -0.4 is 21.7 Å². The van der Waals surface area contributed by atoms with Crippen LogP contribution in [0.3, 0.4) is 0 Å². The van der Waals surface area contributed by atoms with E-state index < -0.39 is 36.0 Å². The summed E-state index contributed by atoms with van der Waals surface area (Å²) in [4.78, 5) is 50.8. The zero-order valence-corrected chi connectivity index (χ0v) is 23.1. The fourth-order valence-corrected chi connectivity index (χ4v) is 4.97. The van der Waals surface area contributed by atoms with E-state index >= 15 is 0 Å². The molecule has 1 rings (SSSR count). The number of hydrogen-bond acceptors (Lipinski definition) is 8. The molecule has 0 spiro atoms. The molecule has 0 aromatic carbocycles. The fourth-order valence-electron chi connectivity index (χ4n) is 2.86. The first-order valence-corrected chi connectivity index (χ1v) is 14.4. The van der Waals surface area contributed by atoms with Crippen LogP contribution in [0.5, 0.6) is 0 Å². The Morgan fingerprint density at radius 2 is 1.91 bits per heavy atom. The van der Waals surface area contributed by atoms with Crippen LogP contribution in [-0.2, 0) is 23.9 Å². The van der Waals surface area contributed by atoms with Gasteiger partial charge in [-0.3, -0.25) is 14.4 Å². The Kier molecular flexibility index (Phi) is 14.1. The number of esters is 1. The van der Waals surface area contributed by atoms with Crippen LogP contribution >= 0.6 is 21.6 Å². The normalized spacial score (nSPS) is 26.5. The number of ether oxygens (including phenoxy) is 1. The second-order valence-corrected chi connectivity index (χ2v) is 11.7. The van der Waals surface area contributed by atoms with E-state index in [1.165, 1.54) is 16.9 Å². The van der Waals surface area contributed by atoms with Crippen molar-refractivity contribution in [3.8, 4) is 0 Å². The number of nitrogens with one attached hydrogen (secondary N) is 3. The molecule has 1 aliphatic rings. The maximum Gasteiger partial charge on any atom is 0.329 e. The highest BCUT2D eigenvalue weighted by Gasteiger charge is 2.30. The van der Waals surface area contributed by atoms with Gasteiger partial charge in [-0.1, -0.05) is 61.4 Å². The standard InChI is InChI=1S/C24H40N4O5S2/c1-7-19-23(31)28-21(15(4)5)24(32)33-17(12-20(29)26-16(6)14(2)3)10-8-9-11-34-35-13-18(25)22(30)27-19/h7-8,10,14-18,21H,9,11-13,25H2,1-6H3,(H,26,29)(H,27,30)(H,28,31)/b10-8+,19-7-. The lowest BCUT2D eigenvalue weighted by Crippen LogP contribution is -2.50. The molecular weight excluding hydrogens is 488 g/mol. The average Bonchev–Trinajstić information content (AvgIpc) is 2.78. The first kappa shape index (κ1) is 31.1. The highest BCUT2D eigenvalue weighted by Crippen LogP contribution is 2.23. The Hall–Kier alpha value is -1.98. The van der Waals surface area contributed by atoms with Crippen molar-refractivity contribution in [2.45, 2.75) is 78.6 Å². The molecule has 0 radical (unpaired) electrons. The van der Waals surface area contributed by atoms with Crippen molar-refractivity contribution in [3.63, 3.8) is 0 Å². The topological polar surface area (TPSA) is 140 Å². The number of nitrogens with two attached hydrogens (primary N) is 1. The second-order valence-electron chi connectivity index (χ2n) is 9.10. The lowest BCUT2D eigenvalue weighted by Gasteiger charge is -2.25. The summed E-state index contributed by atoms with van der Waals surface area (Å²) in [5.74, 6) is -0.864. The summed E-state index contributed by atoms with van der Waals surface area (Å²) in [6, 6.07) is -1.78. The van der Waals surface area contributed by atoms with Gasteiger partial charge in [-0.05, 0) is 38.2 Å². The van der Waals surface area contributed by atoms with Crippen molar-refractivity contribution in [3.05, 3.63) is 23.9 Å². The van der Waals surface area contributed by atoms with Gasteiger partial charge in [-0.2, -0.15) is 0 Å². The van der Waals surface area contributed by atoms with Crippen molar-refractivity contribution < 1.29 is 23.9 Å². The lowest BCUT2D eigenvalue weighted by atomic mass is 10.0. The second kappa shape index (κ2) is 15.9. The maximum absolute atomic E-state index is 13.0. The Balaban J connectivity index is 3.11. The Bertz CT molecular complexity index is 801. The monoisotopic (exact) mass is 528 g/mol. The maximum atomic E-state index is 13.0. The molecule has 0 aromatic rings. The van der Waals surface area contributed by atoms with Gasteiger partial charge in [0.25, 0.3) is 5.91 Å². The van der Waals surface area contributed by atoms with Gasteiger partial charge in [0.15, 0.2) is 0 Å². The number of hydrogen-bond donors (Lipinski definition) is 4. The van der Waals surface area contributed by atoms with Crippen LogP contribution in [0.2, 0.25) is 0 Å². The van der Waals surface area contributed by atoms with Gasteiger partial charge in [0.05, 0.1) is 12.5 Å². The van der Waals surface area contributed by atoms with E-state index in [9.17, 15) is 19.2 Å². The Morgan fingerprint density at radius 1 is 1.23 bits per heavy atom. The first-order valence-electron chi connectivity index (χ1n) is 11.9. The van der Waals surface area contributed by atoms with Gasteiger partial charge in [0, 0.05) is 17.5 Å². The van der Waals surface area contributed by atoms with Crippen LogP contribution in [0.15, 0.2) is 23.9 Å². The van der Waals surface area contributed by atoms with Crippen LogP contribution in [0.4, 0.5) is 0 Å². The minimum absolute atomic E-state index is 0.00404. The average molecular weight is 529 g/mol. The van der Waals surface area contributed by atoms with E-state index in [2.05, 4.69) is 16.0 Å². The van der Waals surface area contributed by atoms with Crippen LogP contribution in [0.1, 0.15) is 54.4 Å². The largest absolute Gasteiger partial charge is 0.456 e. The molecule has 0 fully saturated rings. The van der Waals surface area contributed by atoms with Gasteiger partial charge in [-0.15, -0.1) is 0 Å². The minimum atomic E-state index is -0.974. The van der Waals surface area contributed by atoms with Gasteiger partial charge in [0.2, 0.25) is 11.8 Å². The molecule has 1 heterocycles. The highest BCUT2D eigenvalue weighted by atomic mass is 33.1. The van der Waals surface area contributed by atoms with E-state index in [1.54, 1.807) is 37.6 Å². The summed E-state index contributed by atoms with van der Waals surface area (Å²) in [5, 5.41) is 8.12. The Morgan fingerprint density at radius 3 is 2.51 bits per heavy atom. The van der Waals surface area contributed by atoms with E-state index in [-0.39, 0.29) is 35.9 Å². The molecule has 3 amide bonds. The smallest absolute Gasteiger partial charge is 0.329 e. The van der Waals surface area contributed by atoms with E-state index in [1.807, 2.05) is 26.8 Å². The molecule has 0 bridgehead atoms. The van der Waals surface area contributed by atoms with Crippen LogP contribution in [0, 0.1) is 11.8 Å². The summed E-state index contributed by atoms with van der Waals surface area (Å²) >= 11 is 0. The highest BCUT2D eigenvalue weighted by molar-refractivity contribution is 8.76. The van der Waals surface area contributed by atoms with Crippen LogP contribution in [0.25, 0.3) is 0 Å². The molecule has 11 heteroatoms. The zero-order chi connectivity index (χ0) is 26.5. The fraction of sp³-hybridized carbons (Fsp3) is 0.667. The van der Waals surface area contributed by atoms with E-state index in [0.29, 0.717) is 12.2 Å². The van der Waals surface area contributed by atoms with Crippen molar-refractivity contribution in [2.24, 2.45) is 17.6 Å². The SMILES string of the molecule is C/C=C1\NC(=O)C(N)CSSCC/C=C/C(CC(=O)NC(C)C(C)C)OC(=O)C(C(C)C)NC1=O. The number of rotatable bonds is 5. The first-order chi connectivity index (χ1) is 16.5. The van der Waals surface area contributed by atoms with Gasteiger partial charge < -0.3 is 26.4 Å². The molecule has 0 aromatic heterocycles. The molecule has 9 nitrogen and oxygen atoms in total. The number of carbonyl (C=O) groups excluding carboxylic acids is 4. The van der Waals surface area contributed by atoms with Gasteiger partial charge in [0.1, 0.15) is 17.8 Å². The molecule has 35 heavy (non-hydrogen) atoms. The summed E-state index contributed by atoms with van der Waals surface area (Å²) in [5.41, 5.74) is 5.96.